The maximum absolute atomic E-state index is 13.8. The van der Waals surface area contributed by atoms with Gasteiger partial charge >= 0.3 is 0 Å². The van der Waals surface area contributed by atoms with E-state index in [0.29, 0.717) is 0 Å². The normalized spacial score (nSPS) is 12.5. The third-order valence-electron chi connectivity index (χ3n) is 2.61. The van der Waals surface area contributed by atoms with E-state index >= 15 is 0 Å². The van der Waals surface area contributed by atoms with Crippen LogP contribution in [0.1, 0.15) is 17.2 Å². The van der Waals surface area contributed by atoms with Gasteiger partial charge in [-0.25, -0.2) is 8.78 Å². The molecule has 0 spiro atoms. The summed E-state index contributed by atoms with van der Waals surface area (Å²) in [5.41, 5.74) is 6.16. The van der Waals surface area contributed by atoms with Gasteiger partial charge in [0.1, 0.15) is 11.6 Å². The number of halogens is 4. The third-order valence-corrected chi connectivity index (χ3v) is 3.14. The van der Waals surface area contributed by atoms with E-state index in [-0.39, 0.29) is 21.2 Å². The molecule has 0 heterocycles. The van der Waals surface area contributed by atoms with Crippen molar-refractivity contribution in [3.05, 3.63) is 69.2 Å². The molecule has 1 nitrogen and oxygen atoms in total. The van der Waals surface area contributed by atoms with E-state index in [1.807, 2.05) is 0 Å². The van der Waals surface area contributed by atoms with E-state index in [0.717, 1.165) is 6.07 Å². The second kappa shape index (κ2) is 5.22. The van der Waals surface area contributed by atoms with Crippen LogP contribution in [0.15, 0.2) is 36.4 Å². The Morgan fingerprint density at radius 3 is 2.39 bits per heavy atom. The monoisotopic (exact) mass is 287 g/mol. The Balaban J connectivity index is 2.48. The van der Waals surface area contributed by atoms with Crippen LogP contribution < -0.4 is 5.73 Å². The Morgan fingerprint density at radius 1 is 1.00 bits per heavy atom. The molecule has 0 amide bonds. The zero-order valence-corrected chi connectivity index (χ0v) is 10.6. The van der Waals surface area contributed by atoms with Crippen molar-refractivity contribution in [3.63, 3.8) is 0 Å². The summed E-state index contributed by atoms with van der Waals surface area (Å²) in [7, 11) is 0. The van der Waals surface area contributed by atoms with E-state index in [2.05, 4.69) is 0 Å². The number of rotatable bonds is 2. The molecule has 0 aliphatic rings. The van der Waals surface area contributed by atoms with Crippen LogP contribution in [0.5, 0.6) is 0 Å². The minimum Gasteiger partial charge on any atom is -0.320 e. The van der Waals surface area contributed by atoms with Gasteiger partial charge in [-0.05, 0) is 18.2 Å². The first-order chi connectivity index (χ1) is 8.50. The van der Waals surface area contributed by atoms with E-state index in [1.54, 1.807) is 6.07 Å². The number of hydrogen-bond acceptors (Lipinski definition) is 1. The average Bonchev–Trinajstić information content (AvgIpc) is 2.32. The lowest BCUT2D eigenvalue weighted by molar-refractivity contribution is 0.576. The molecule has 0 fully saturated rings. The van der Waals surface area contributed by atoms with Crippen molar-refractivity contribution in [2.45, 2.75) is 6.04 Å². The second-order valence-corrected chi connectivity index (χ2v) is 4.63. The lowest BCUT2D eigenvalue weighted by atomic mass is 9.99. The molecule has 0 aliphatic heterocycles. The summed E-state index contributed by atoms with van der Waals surface area (Å²) in [6.45, 7) is 0. The second-order valence-electron chi connectivity index (χ2n) is 3.79. The van der Waals surface area contributed by atoms with Gasteiger partial charge in [-0.3, -0.25) is 0 Å². The number of nitrogens with two attached hydrogens (primary N) is 1. The van der Waals surface area contributed by atoms with Crippen LogP contribution in [-0.4, -0.2) is 0 Å². The summed E-state index contributed by atoms with van der Waals surface area (Å²) >= 11 is 11.3. The summed E-state index contributed by atoms with van der Waals surface area (Å²) in [5, 5.41) is 0.215. The standard InChI is InChI=1S/C13H9Cl2F2N/c14-7-4-5-8(11(16)6-7)13(18)9-2-1-3-10(15)12(9)17/h1-6,13H,18H2. The largest absolute Gasteiger partial charge is 0.320 e. The van der Waals surface area contributed by atoms with E-state index in [9.17, 15) is 8.78 Å². The minimum absolute atomic E-state index is 0.0441. The highest BCUT2D eigenvalue weighted by Gasteiger charge is 2.18. The molecule has 5 heteroatoms. The molecule has 0 saturated carbocycles. The molecule has 2 aromatic carbocycles. The Kier molecular flexibility index (Phi) is 3.85. The van der Waals surface area contributed by atoms with Gasteiger partial charge in [0, 0.05) is 16.1 Å². The van der Waals surface area contributed by atoms with Crippen molar-refractivity contribution in [2.24, 2.45) is 5.73 Å². The van der Waals surface area contributed by atoms with Crippen LogP contribution in [0.3, 0.4) is 0 Å². The molecule has 2 N–H and O–H groups in total. The van der Waals surface area contributed by atoms with Gasteiger partial charge in [-0.1, -0.05) is 41.4 Å². The summed E-state index contributed by atoms with van der Waals surface area (Å²) in [6, 6.07) is 7.59. The summed E-state index contributed by atoms with van der Waals surface area (Å²) in [4.78, 5) is 0. The van der Waals surface area contributed by atoms with Gasteiger partial charge in [0.05, 0.1) is 11.1 Å². The van der Waals surface area contributed by atoms with Crippen LogP contribution in [0.4, 0.5) is 8.78 Å². The van der Waals surface area contributed by atoms with Gasteiger partial charge in [0.25, 0.3) is 0 Å². The Hall–Kier alpha value is -1.16. The molecule has 2 aromatic rings. The van der Waals surface area contributed by atoms with E-state index in [1.165, 1.54) is 24.3 Å². The molecule has 0 aromatic heterocycles. The van der Waals surface area contributed by atoms with Gasteiger partial charge in [0.15, 0.2) is 0 Å². The quantitative estimate of drug-likeness (QED) is 0.875. The number of hydrogen-bond donors (Lipinski definition) is 1. The molecular weight excluding hydrogens is 279 g/mol. The zero-order chi connectivity index (χ0) is 13.3. The first-order valence-electron chi connectivity index (χ1n) is 5.15. The smallest absolute Gasteiger partial charge is 0.146 e. The lowest BCUT2D eigenvalue weighted by Gasteiger charge is -2.15. The Labute approximate surface area is 113 Å². The predicted molar refractivity (Wildman–Crippen MR) is 68.9 cm³/mol. The van der Waals surface area contributed by atoms with Crippen molar-refractivity contribution in [1.29, 1.82) is 0 Å². The zero-order valence-electron chi connectivity index (χ0n) is 9.13. The molecule has 1 unspecified atom stereocenters. The van der Waals surface area contributed by atoms with Crippen molar-refractivity contribution in [2.75, 3.05) is 0 Å². The van der Waals surface area contributed by atoms with Crippen LogP contribution in [-0.2, 0) is 0 Å². The predicted octanol–water partition coefficient (Wildman–Crippen LogP) is 4.32. The SMILES string of the molecule is NC(c1ccc(Cl)cc1F)c1cccc(Cl)c1F. The van der Waals surface area contributed by atoms with Gasteiger partial charge in [0.2, 0.25) is 0 Å². The maximum atomic E-state index is 13.8. The van der Waals surface area contributed by atoms with Crippen LogP contribution in [0.2, 0.25) is 10.0 Å². The average molecular weight is 288 g/mol. The number of benzene rings is 2. The minimum atomic E-state index is -0.930. The van der Waals surface area contributed by atoms with Crippen LogP contribution >= 0.6 is 23.2 Å². The van der Waals surface area contributed by atoms with Crippen LogP contribution in [0.25, 0.3) is 0 Å². The summed E-state index contributed by atoms with van der Waals surface area (Å²) < 4.78 is 27.5. The highest BCUT2D eigenvalue weighted by atomic mass is 35.5. The fraction of sp³-hybridized carbons (Fsp3) is 0.0769. The topological polar surface area (TPSA) is 26.0 Å². The maximum Gasteiger partial charge on any atom is 0.146 e. The first-order valence-corrected chi connectivity index (χ1v) is 5.90. The summed E-state index contributed by atoms with van der Waals surface area (Å²) in [5.74, 6) is -1.21. The first kappa shape index (κ1) is 13.3. The van der Waals surface area contributed by atoms with Crippen molar-refractivity contribution >= 4 is 23.2 Å². The van der Waals surface area contributed by atoms with Crippen molar-refractivity contribution in [1.82, 2.24) is 0 Å². The molecule has 0 aliphatic carbocycles. The molecule has 0 saturated heterocycles. The molecule has 94 valence electrons. The van der Waals surface area contributed by atoms with Crippen molar-refractivity contribution < 1.29 is 8.78 Å². The van der Waals surface area contributed by atoms with Crippen molar-refractivity contribution in [3.8, 4) is 0 Å². The Bertz CT molecular complexity index is 587. The summed E-state index contributed by atoms with van der Waals surface area (Å²) in [6.07, 6.45) is 0. The lowest BCUT2D eigenvalue weighted by Crippen LogP contribution is -2.15. The fourth-order valence-electron chi connectivity index (χ4n) is 1.68. The molecule has 0 bridgehead atoms. The molecule has 1 atom stereocenters. The fourth-order valence-corrected chi connectivity index (χ4v) is 2.02. The van der Waals surface area contributed by atoms with Gasteiger partial charge in [-0.2, -0.15) is 0 Å². The highest BCUT2D eigenvalue weighted by molar-refractivity contribution is 6.31. The molecule has 18 heavy (non-hydrogen) atoms. The van der Waals surface area contributed by atoms with E-state index in [4.69, 9.17) is 28.9 Å². The van der Waals surface area contributed by atoms with Crippen LogP contribution in [0, 0.1) is 11.6 Å². The molecular formula is C13H9Cl2F2N. The van der Waals surface area contributed by atoms with E-state index < -0.39 is 17.7 Å². The van der Waals surface area contributed by atoms with Gasteiger partial charge in [-0.15, -0.1) is 0 Å². The molecule has 2 rings (SSSR count). The highest BCUT2D eigenvalue weighted by Crippen LogP contribution is 2.28. The Morgan fingerprint density at radius 2 is 1.72 bits per heavy atom. The molecule has 0 radical (unpaired) electrons. The van der Waals surface area contributed by atoms with Gasteiger partial charge < -0.3 is 5.73 Å². The third kappa shape index (κ3) is 2.48.